The van der Waals surface area contributed by atoms with Gasteiger partial charge in [-0.1, -0.05) is 11.6 Å². The molecule has 1 rings (SSSR count). The van der Waals surface area contributed by atoms with Crippen molar-refractivity contribution in [3.05, 3.63) is 22.3 Å². The maximum atomic E-state index is 12.3. The minimum absolute atomic E-state index is 0.0500. The third-order valence-corrected chi connectivity index (χ3v) is 1.66. The molecule has 1 aromatic rings. The number of nitrogen functional groups attached to an aromatic ring is 1. The molecule has 0 aromatic carbocycles. The monoisotopic (exact) mass is 203 g/mol. The highest BCUT2D eigenvalue weighted by molar-refractivity contribution is 6.30. The zero-order valence-corrected chi connectivity index (χ0v) is 7.02. The van der Waals surface area contributed by atoms with Gasteiger partial charge in [0.15, 0.2) is 0 Å². The molecule has 0 spiro atoms. The fraction of sp³-hybridized carbons (Fsp3) is 0.143. The lowest BCUT2D eigenvalue weighted by atomic mass is 10.1. The molecule has 6 heteroatoms. The van der Waals surface area contributed by atoms with Crippen LogP contribution in [0.1, 0.15) is 17.6 Å². The van der Waals surface area contributed by atoms with Crippen molar-refractivity contribution in [2.24, 2.45) is 0 Å². The molecule has 0 aliphatic rings. The summed E-state index contributed by atoms with van der Waals surface area (Å²) in [5.41, 5.74) is 4.40. The van der Waals surface area contributed by atoms with E-state index >= 15 is 0 Å². The highest BCUT2D eigenvalue weighted by Crippen LogP contribution is 2.29. The van der Waals surface area contributed by atoms with Gasteiger partial charge in [-0.3, -0.25) is 0 Å². The third-order valence-electron chi connectivity index (χ3n) is 1.37. The average Bonchev–Trinajstić information content (AvgIpc) is 2.01. The van der Waals surface area contributed by atoms with Crippen LogP contribution in [0.5, 0.6) is 0 Å². The molecule has 1 heterocycles. The van der Waals surface area contributed by atoms with Crippen LogP contribution in [0.2, 0.25) is 5.15 Å². The molecule has 0 saturated heterocycles. The smallest absolute Gasteiger partial charge is 0.268 e. The van der Waals surface area contributed by atoms with E-state index in [0.717, 1.165) is 6.07 Å². The fourth-order valence-corrected chi connectivity index (χ4v) is 1.12. The molecule has 0 fully saturated rings. The van der Waals surface area contributed by atoms with E-state index < -0.39 is 17.1 Å². The third kappa shape index (κ3) is 1.84. The number of aromatic nitrogens is 1. The zero-order chi connectivity index (χ0) is 10.0. The molecule has 0 aliphatic carbocycles. The van der Waals surface area contributed by atoms with Crippen LogP contribution in [-0.2, 0) is 0 Å². The molecular formula is C7H4ClF2N3. The second kappa shape index (κ2) is 3.54. The number of hydrogen-bond acceptors (Lipinski definition) is 3. The van der Waals surface area contributed by atoms with Crippen molar-refractivity contribution in [2.75, 3.05) is 5.73 Å². The maximum Gasteiger partial charge on any atom is 0.268 e. The fourth-order valence-electron chi connectivity index (χ4n) is 0.843. The molecule has 0 unspecified atom stereocenters. The SMILES string of the molecule is N#Cc1cc(N)nc(Cl)c1C(F)F. The van der Waals surface area contributed by atoms with Crippen molar-refractivity contribution in [1.29, 1.82) is 5.26 Å². The van der Waals surface area contributed by atoms with Crippen LogP contribution in [0.4, 0.5) is 14.6 Å². The Balaban J connectivity index is 3.41. The van der Waals surface area contributed by atoms with Gasteiger partial charge < -0.3 is 5.73 Å². The van der Waals surface area contributed by atoms with E-state index in [2.05, 4.69) is 4.98 Å². The molecule has 0 radical (unpaired) electrons. The number of nitrogens with zero attached hydrogens (tertiary/aromatic N) is 2. The van der Waals surface area contributed by atoms with Gasteiger partial charge in [0.25, 0.3) is 6.43 Å². The maximum absolute atomic E-state index is 12.3. The van der Waals surface area contributed by atoms with Gasteiger partial charge in [0.1, 0.15) is 11.0 Å². The number of nitriles is 1. The van der Waals surface area contributed by atoms with Crippen molar-refractivity contribution in [1.82, 2.24) is 4.98 Å². The van der Waals surface area contributed by atoms with Crippen LogP contribution in [0.25, 0.3) is 0 Å². The van der Waals surface area contributed by atoms with E-state index in [1.54, 1.807) is 6.07 Å². The van der Waals surface area contributed by atoms with Crippen LogP contribution < -0.4 is 5.73 Å². The number of hydrogen-bond donors (Lipinski definition) is 1. The van der Waals surface area contributed by atoms with Crippen LogP contribution in [0.3, 0.4) is 0 Å². The van der Waals surface area contributed by atoms with Gasteiger partial charge in [-0.2, -0.15) is 5.26 Å². The quantitative estimate of drug-likeness (QED) is 0.711. The van der Waals surface area contributed by atoms with Crippen molar-refractivity contribution in [3.63, 3.8) is 0 Å². The number of pyridine rings is 1. The number of rotatable bonds is 1. The van der Waals surface area contributed by atoms with E-state index in [4.69, 9.17) is 22.6 Å². The van der Waals surface area contributed by atoms with E-state index in [0.29, 0.717) is 0 Å². The van der Waals surface area contributed by atoms with Crippen molar-refractivity contribution >= 4 is 17.4 Å². The number of nitrogens with two attached hydrogens (primary N) is 1. The summed E-state index contributed by atoms with van der Waals surface area (Å²) in [7, 11) is 0. The molecule has 0 bridgehead atoms. The summed E-state index contributed by atoms with van der Waals surface area (Å²) < 4.78 is 24.6. The topological polar surface area (TPSA) is 62.7 Å². The zero-order valence-electron chi connectivity index (χ0n) is 6.26. The van der Waals surface area contributed by atoms with Crippen molar-refractivity contribution < 1.29 is 8.78 Å². The molecule has 0 saturated carbocycles. The summed E-state index contributed by atoms with van der Waals surface area (Å²) in [6.07, 6.45) is -2.82. The Morgan fingerprint density at radius 1 is 1.62 bits per heavy atom. The normalized spacial score (nSPS) is 10.1. The molecule has 0 aliphatic heterocycles. The van der Waals surface area contributed by atoms with Crippen LogP contribution in [-0.4, -0.2) is 4.98 Å². The molecule has 3 nitrogen and oxygen atoms in total. The summed E-state index contributed by atoms with van der Waals surface area (Å²) in [5.74, 6) is -0.0500. The Morgan fingerprint density at radius 3 is 2.69 bits per heavy atom. The van der Waals surface area contributed by atoms with E-state index in [1.165, 1.54) is 0 Å². The molecule has 2 N–H and O–H groups in total. The largest absolute Gasteiger partial charge is 0.384 e. The lowest BCUT2D eigenvalue weighted by Crippen LogP contribution is -1.99. The Morgan fingerprint density at radius 2 is 2.23 bits per heavy atom. The summed E-state index contributed by atoms with van der Waals surface area (Å²) in [6, 6.07) is 2.64. The Bertz CT molecular complexity index is 373. The summed E-state index contributed by atoms with van der Waals surface area (Å²) in [6.45, 7) is 0. The van der Waals surface area contributed by atoms with Gasteiger partial charge in [-0.25, -0.2) is 13.8 Å². The van der Waals surface area contributed by atoms with E-state index in [9.17, 15) is 8.78 Å². The molecule has 0 atom stereocenters. The van der Waals surface area contributed by atoms with Crippen LogP contribution in [0.15, 0.2) is 6.07 Å². The van der Waals surface area contributed by atoms with Crippen LogP contribution >= 0.6 is 11.6 Å². The Hall–Kier alpha value is -1.41. The Labute approximate surface area is 77.7 Å². The second-order valence-electron chi connectivity index (χ2n) is 2.21. The minimum Gasteiger partial charge on any atom is -0.384 e. The Kier molecular flexibility index (Phi) is 2.63. The minimum atomic E-state index is -2.82. The van der Waals surface area contributed by atoms with E-state index in [-0.39, 0.29) is 11.4 Å². The predicted molar refractivity (Wildman–Crippen MR) is 43.3 cm³/mol. The van der Waals surface area contributed by atoms with Gasteiger partial charge in [-0.05, 0) is 6.07 Å². The average molecular weight is 204 g/mol. The molecule has 68 valence electrons. The second-order valence-corrected chi connectivity index (χ2v) is 2.57. The molecule has 0 amide bonds. The summed E-state index contributed by atoms with van der Waals surface area (Å²) in [4.78, 5) is 3.42. The lowest BCUT2D eigenvalue weighted by Gasteiger charge is -2.04. The highest BCUT2D eigenvalue weighted by atomic mass is 35.5. The summed E-state index contributed by atoms with van der Waals surface area (Å²) in [5, 5.41) is 8.07. The summed E-state index contributed by atoms with van der Waals surface area (Å²) >= 11 is 5.39. The standard InChI is InChI=1S/C7H4ClF2N3/c8-6-5(7(9)10)3(2-11)1-4(12)13-6/h1,7H,(H2,12,13). The van der Waals surface area contributed by atoms with E-state index in [1.807, 2.05) is 0 Å². The van der Waals surface area contributed by atoms with Gasteiger partial charge in [0.2, 0.25) is 0 Å². The first-order chi connectivity index (χ1) is 6.06. The highest BCUT2D eigenvalue weighted by Gasteiger charge is 2.18. The molecule has 1 aromatic heterocycles. The van der Waals surface area contributed by atoms with Crippen molar-refractivity contribution in [3.8, 4) is 6.07 Å². The number of anilines is 1. The van der Waals surface area contributed by atoms with Gasteiger partial charge in [-0.15, -0.1) is 0 Å². The molecular weight excluding hydrogens is 200 g/mol. The van der Waals surface area contributed by atoms with Crippen molar-refractivity contribution in [2.45, 2.75) is 6.43 Å². The van der Waals surface area contributed by atoms with Gasteiger partial charge >= 0.3 is 0 Å². The molecule has 13 heavy (non-hydrogen) atoms. The lowest BCUT2D eigenvalue weighted by molar-refractivity contribution is 0.151. The first-order valence-electron chi connectivity index (χ1n) is 3.20. The van der Waals surface area contributed by atoms with Gasteiger partial charge in [0.05, 0.1) is 17.2 Å². The first-order valence-corrected chi connectivity index (χ1v) is 3.58. The van der Waals surface area contributed by atoms with Gasteiger partial charge in [0, 0.05) is 0 Å². The first kappa shape index (κ1) is 9.68. The van der Waals surface area contributed by atoms with Crippen LogP contribution in [0, 0.1) is 11.3 Å². The predicted octanol–water partition coefficient (Wildman–Crippen LogP) is 2.13. The number of halogens is 3. The number of alkyl halides is 2.